The van der Waals surface area contributed by atoms with Crippen molar-refractivity contribution in [3.8, 4) is 18.2 Å². The quantitative estimate of drug-likeness (QED) is 0.0994. The SMILES string of the molecule is [C-]#[N+]C(C#N)=C1C(=Nc2cc3sc4c5c(sc4c3s2)C2=C(C=C(N=C3C(=O)c4cc(F)c(F)cc4C3=C(C#N)C#N)C2(C)C)C5(C)C)C(=O)c2cc(F)c(F)cc21. The molecule has 0 saturated carbocycles. The molecule has 0 radical (unpaired) electrons. The highest BCUT2D eigenvalue weighted by atomic mass is 32.1. The van der Waals surface area contributed by atoms with Crippen LogP contribution in [0.3, 0.4) is 0 Å². The van der Waals surface area contributed by atoms with Crippen LogP contribution in [0.5, 0.6) is 0 Å². The molecule has 0 amide bonds. The summed E-state index contributed by atoms with van der Waals surface area (Å²) in [4.78, 5) is 40.7. The highest BCUT2D eigenvalue weighted by Gasteiger charge is 2.51. The smallest absolute Gasteiger partial charge is 0.271 e. The molecule has 0 saturated heterocycles. The average Bonchev–Trinajstić information content (AvgIpc) is 3.99. The third kappa shape index (κ3) is 4.71. The van der Waals surface area contributed by atoms with Gasteiger partial charge in [-0.1, -0.05) is 27.7 Å². The van der Waals surface area contributed by atoms with Gasteiger partial charge in [-0.15, -0.1) is 34.0 Å². The second-order valence-electron chi connectivity index (χ2n) is 14.5. The Balaban J connectivity index is 1.14. The Labute approximate surface area is 332 Å². The molecule has 0 fully saturated rings. The molecular formula is C42H18F4N6O2S3. The van der Waals surface area contributed by atoms with Gasteiger partial charge in [-0.3, -0.25) is 9.59 Å². The van der Waals surface area contributed by atoms with Crippen LogP contribution in [-0.2, 0) is 5.41 Å². The number of hydrogen-bond acceptors (Lipinski definition) is 10. The van der Waals surface area contributed by atoms with E-state index in [1.165, 1.54) is 22.7 Å². The maximum absolute atomic E-state index is 14.4. The number of rotatable bonds is 2. The van der Waals surface area contributed by atoms with Crippen LogP contribution >= 0.6 is 34.0 Å². The van der Waals surface area contributed by atoms with Gasteiger partial charge in [-0.2, -0.15) is 10.5 Å². The van der Waals surface area contributed by atoms with Crippen LogP contribution in [0.15, 0.2) is 68.9 Å². The van der Waals surface area contributed by atoms with Gasteiger partial charge in [0, 0.05) is 48.2 Å². The van der Waals surface area contributed by atoms with E-state index >= 15 is 0 Å². The molecule has 2 aromatic carbocycles. The summed E-state index contributed by atoms with van der Waals surface area (Å²) in [6.45, 7) is 15.6. The third-order valence-electron chi connectivity index (χ3n) is 10.7. The number of carbonyl (C=O) groups excluding carboxylic acids is 2. The standard InChI is InChI=1S/C42H18F4N6O2S3/c1-41(2)20-10-27(51-33-29(15(12-47)13-48)16-6-21(43)23(45)8-18(16)35(33)53)42(3,4)31(20)38-32(41)39-40(57-38)37-26(55-39)11-28(56-37)52-34-30(25(14-49)50-5)17-7-22(44)24(46)9-19(17)36(34)54/h6-11H,1-4H3. The lowest BCUT2D eigenvalue weighted by atomic mass is 9.82. The molecule has 9 rings (SSSR count). The molecule has 3 aromatic heterocycles. The maximum atomic E-state index is 14.4. The van der Waals surface area contributed by atoms with E-state index in [2.05, 4.69) is 23.7 Å². The number of allylic oxidation sites excluding steroid dienone is 7. The maximum Gasteiger partial charge on any atom is 0.271 e. The first-order valence-electron chi connectivity index (χ1n) is 16.9. The first-order valence-corrected chi connectivity index (χ1v) is 19.3. The third-order valence-corrected chi connectivity index (χ3v) is 14.6. The zero-order valence-electron chi connectivity index (χ0n) is 29.7. The van der Waals surface area contributed by atoms with Gasteiger partial charge in [-0.25, -0.2) is 37.7 Å². The van der Waals surface area contributed by atoms with Gasteiger partial charge in [-0.05, 0) is 58.7 Å². The van der Waals surface area contributed by atoms with Crippen molar-refractivity contribution in [3.63, 3.8) is 0 Å². The first-order chi connectivity index (χ1) is 27.1. The van der Waals surface area contributed by atoms with Gasteiger partial charge >= 0.3 is 0 Å². The van der Waals surface area contributed by atoms with Gasteiger partial charge in [0.25, 0.3) is 5.70 Å². The number of hydrogen-bond donors (Lipinski definition) is 0. The molecule has 0 aliphatic heterocycles. The molecule has 8 nitrogen and oxygen atoms in total. The van der Waals surface area contributed by atoms with Crippen molar-refractivity contribution >= 4 is 97.5 Å². The number of halogens is 4. The fraction of sp³-hybridized carbons (Fsp3) is 0.143. The van der Waals surface area contributed by atoms with Gasteiger partial charge in [0.2, 0.25) is 11.6 Å². The van der Waals surface area contributed by atoms with Gasteiger partial charge in [0.1, 0.15) is 34.1 Å². The molecule has 0 bridgehead atoms. The molecule has 4 aliphatic carbocycles. The van der Waals surface area contributed by atoms with Crippen molar-refractivity contribution in [1.82, 2.24) is 0 Å². The van der Waals surface area contributed by atoms with Crippen molar-refractivity contribution in [2.24, 2.45) is 15.4 Å². The normalized spacial score (nSPS) is 19.4. The molecule has 57 heavy (non-hydrogen) atoms. The minimum absolute atomic E-state index is 0.0725. The summed E-state index contributed by atoms with van der Waals surface area (Å²) in [5.41, 5.74) is -0.111. The first kappa shape index (κ1) is 36.0. The fourth-order valence-corrected chi connectivity index (χ4v) is 12.7. The van der Waals surface area contributed by atoms with E-state index in [4.69, 9.17) is 11.6 Å². The molecule has 3 heterocycles. The Bertz CT molecular complexity index is 3230. The van der Waals surface area contributed by atoms with Crippen LogP contribution in [0.2, 0.25) is 0 Å². The summed E-state index contributed by atoms with van der Waals surface area (Å²) in [5, 5.41) is 29.6. The monoisotopic (exact) mass is 810 g/mol. The second kappa shape index (κ2) is 11.9. The van der Waals surface area contributed by atoms with E-state index in [-0.39, 0.29) is 44.8 Å². The molecule has 0 atom stereocenters. The summed E-state index contributed by atoms with van der Waals surface area (Å²) < 4.78 is 61.0. The highest BCUT2D eigenvalue weighted by molar-refractivity contribution is 7.40. The largest absolute Gasteiger partial charge is 0.287 e. The van der Waals surface area contributed by atoms with Crippen molar-refractivity contribution in [1.29, 1.82) is 15.8 Å². The van der Waals surface area contributed by atoms with Crippen LogP contribution in [0.25, 0.3) is 40.4 Å². The predicted octanol–water partition coefficient (Wildman–Crippen LogP) is 11.0. The van der Waals surface area contributed by atoms with Crippen LogP contribution in [0.4, 0.5) is 22.6 Å². The Kier molecular flexibility index (Phi) is 7.55. The summed E-state index contributed by atoms with van der Waals surface area (Å²) >= 11 is 4.39. The molecule has 0 spiro atoms. The average molecular weight is 811 g/mol. The van der Waals surface area contributed by atoms with Crippen molar-refractivity contribution in [2.45, 2.75) is 33.1 Å². The van der Waals surface area contributed by atoms with Crippen LogP contribution in [0, 0.1) is 69.2 Å². The van der Waals surface area contributed by atoms with Crippen molar-refractivity contribution in [3.05, 3.63) is 126 Å². The zero-order chi connectivity index (χ0) is 40.6. The lowest BCUT2D eigenvalue weighted by molar-refractivity contribution is 0.106. The summed E-state index contributed by atoms with van der Waals surface area (Å²) in [7, 11) is 0. The van der Waals surface area contributed by atoms with Crippen LogP contribution in [0.1, 0.15) is 70.0 Å². The lowest BCUT2D eigenvalue weighted by Gasteiger charge is -2.24. The Morgan fingerprint density at radius 2 is 1.26 bits per heavy atom. The number of carbonyl (C=O) groups is 2. The van der Waals surface area contributed by atoms with Crippen LogP contribution in [-0.4, -0.2) is 23.0 Å². The number of fused-ring (bicyclic) bond motifs is 8. The summed E-state index contributed by atoms with van der Waals surface area (Å²) in [6.07, 6.45) is 1.90. The number of ketones is 2. The summed E-state index contributed by atoms with van der Waals surface area (Å²) in [6, 6.07) is 10.2. The molecule has 4 aliphatic rings. The molecule has 0 unspecified atom stereocenters. The molecule has 5 aromatic rings. The van der Waals surface area contributed by atoms with E-state index in [0.717, 1.165) is 64.7 Å². The number of nitriles is 3. The number of nitrogens with zero attached hydrogens (tertiary/aromatic N) is 6. The zero-order valence-corrected chi connectivity index (χ0v) is 32.1. The molecule has 0 N–H and O–H groups in total. The van der Waals surface area contributed by atoms with Crippen molar-refractivity contribution in [2.75, 3.05) is 0 Å². The fourth-order valence-electron chi connectivity index (χ4n) is 8.06. The number of aliphatic imine (C=N–C) groups is 2. The minimum atomic E-state index is -1.24. The Morgan fingerprint density at radius 3 is 1.82 bits per heavy atom. The molecular weight excluding hydrogens is 793 g/mol. The second-order valence-corrected chi connectivity index (χ2v) is 17.6. The van der Waals surface area contributed by atoms with Crippen LogP contribution < -0.4 is 0 Å². The van der Waals surface area contributed by atoms with E-state index in [1.54, 1.807) is 35.6 Å². The van der Waals surface area contributed by atoms with E-state index < -0.39 is 56.9 Å². The van der Waals surface area contributed by atoms with Gasteiger partial charge in [0.05, 0.1) is 32.4 Å². The van der Waals surface area contributed by atoms with E-state index in [0.29, 0.717) is 10.7 Å². The number of Topliss-reactive ketones (excluding diaryl/α,β-unsaturated/α-hetero) is 2. The van der Waals surface area contributed by atoms with Gasteiger partial charge < -0.3 is 0 Å². The Hall–Kier alpha value is -6.62. The highest BCUT2D eigenvalue weighted by Crippen LogP contribution is 2.65. The van der Waals surface area contributed by atoms with E-state index in [9.17, 15) is 42.9 Å². The number of benzene rings is 2. The lowest BCUT2D eigenvalue weighted by Crippen LogP contribution is -2.17. The molecule has 15 heteroatoms. The number of thiophene rings is 3. The summed E-state index contributed by atoms with van der Waals surface area (Å²) in [5.74, 6) is -6.41. The minimum Gasteiger partial charge on any atom is -0.287 e. The Morgan fingerprint density at radius 1 is 0.702 bits per heavy atom. The predicted molar refractivity (Wildman–Crippen MR) is 210 cm³/mol. The molecule has 274 valence electrons. The van der Waals surface area contributed by atoms with Gasteiger partial charge in [0.15, 0.2) is 23.3 Å². The van der Waals surface area contributed by atoms with E-state index in [1.807, 2.05) is 19.9 Å². The van der Waals surface area contributed by atoms with Crippen molar-refractivity contribution < 1.29 is 27.2 Å². The topological polar surface area (TPSA) is 135 Å².